The lowest BCUT2D eigenvalue weighted by atomic mass is 9.51. The van der Waals surface area contributed by atoms with E-state index in [4.69, 9.17) is 0 Å². The highest BCUT2D eigenvalue weighted by atomic mass is 15.1. The van der Waals surface area contributed by atoms with Gasteiger partial charge in [0.2, 0.25) is 0 Å². The third-order valence-electron chi connectivity index (χ3n) is 16.0. The Morgan fingerprint density at radius 3 is 1.50 bits per heavy atom. The van der Waals surface area contributed by atoms with E-state index >= 15 is 0 Å². The summed E-state index contributed by atoms with van der Waals surface area (Å²) in [4.78, 5) is 2.55. The lowest BCUT2D eigenvalue weighted by Crippen LogP contribution is -2.45. The summed E-state index contributed by atoms with van der Waals surface area (Å²) in [5.41, 5.74) is 27.2. The summed E-state index contributed by atoms with van der Waals surface area (Å²) in [6.07, 6.45) is 4.69. The molecule has 0 saturated carbocycles. The molecule has 1 unspecified atom stereocenters. The molecule has 0 bridgehead atoms. The number of hydrogen-bond donors (Lipinski definition) is 0. The normalized spacial score (nSPS) is 15.3. The minimum Gasteiger partial charge on any atom is -0.310 e. The van der Waals surface area contributed by atoms with Crippen LogP contribution in [0.5, 0.6) is 0 Å². The van der Waals surface area contributed by atoms with E-state index in [0.717, 1.165) is 11.4 Å². The summed E-state index contributed by atoms with van der Waals surface area (Å²) in [6, 6.07) is 90.2. The first kappa shape index (κ1) is 46.5. The Kier molecular flexibility index (Phi) is 11.8. The van der Waals surface area contributed by atoms with Gasteiger partial charge in [-0.05, 0) is 159 Å². The number of hydrogen-bond acceptors (Lipinski definition) is 1. The Morgan fingerprint density at radius 2 is 0.878 bits per heavy atom. The van der Waals surface area contributed by atoms with Crippen molar-refractivity contribution in [2.24, 2.45) is 5.92 Å². The van der Waals surface area contributed by atoms with Gasteiger partial charge >= 0.3 is 0 Å². The van der Waals surface area contributed by atoms with Gasteiger partial charge in [0.1, 0.15) is 0 Å². The molecule has 0 N–H and O–H groups in total. The molecule has 10 aromatic carbocycles. The first-order valence-corrected chi connectivity index (χ1v) is 26.3. The predicted octanol–water partition coefficient (Wildman–Crippen LogP) is 19.1. The lowest BCUT2D eigenvalue weighted by molar-refractivity contribution is 0.629. The van der Waals surface area contributed by atoms with E-state index < -0.39 is 10.8 Å². The molecule has 3 aliphatic rings. The molecule has 1 heteroatoms. The number of anilines is 3. The smallest absolute Gasteiger partial charge is 0.0740 e. The average molecular weight is 952 g/mol. The van der Waals surface area contributed by atoms with Crippen molar-refractivity contribution < 1.29 is 0 Å². The Bertz CT molecular complexity index is 3770. The van der Waals surface area contributed by atoms with Crippen LogP contribution in [0.4, 0.5) is 17.1 Å². The minimum atomic E-state index is -0.631. The Hall–Kier alpha value is -8.52. The third-order valence-corrected chi connectivity index (χ3v) is 16.0. The zero-order valence-corrected chi connectivity index (χ0v) is 43.3. The van der Waals surface area contributed by atoms with Crippen LogP contribution in [-0.2, 0) is 10.8 Å². The Morgan fingerprint density at radius 1 is 0.378 bits per heavy atom. The minimum absolute atomic E-state index is 0.308. The highest BCUT2D eigenvalue weighted by molar-refractivity contribution is 5.98. The molecule has 1 nitrogen and oxygen atoms in total. The Balaban J connectivity index is 0.000000372. The molecular weight excluding hydrogens is 891 g/mol. The van der Waals surface area contributed by atoms with Gasteiger partial charge in [-0.25, -0.2) is 0 Å². The maximum absolute atomic E-state index is 2.55. The van der Waals surface area contributed by atoms with Gasteiger partial charge in [-0.15, -0.1) is 0 Å². The molecule has 1 atom stereocenters. The monoisotopic (exact) mass is 951 g/mol. The fourth-order valence-corrected chi connectivity index (χ4v) is 13.1. The molecular formula is C73H61N. The van der Waals surface area contributed by atoms with Crippen LogP contribution in [0.3, 0.4) is 0 Å². The van der Waals surface area contributed by atoms with E-state index in [0.29, 0.717) is 5.92 Å². The van der Waals surface area contributed by atoms with E-state index in [1.807, 2.05) is 6.07 Å². The molecule has 0 saturated heterocycles. The number of nitrogens with zero attached hydrogens (tertiary/aromatic N) is 1. The van der Waals surface area contributed by atoms with Crippen LogP contribution in [0, 0.1) is 26.7 Å². The zero-order valence-electron chi connectivity index (χ0n) is 43.3. The van der Waals surface area contributed by atoms with Gasteiger partial charge < -0.3 is 4.90 Å². The van der Waals surface area contributed by atoms with E-state index in [-0.39, 0.29) is 0 Å². The molecule has 0 amide bonds. The maximum Gasteiger partial charge on any atom is 0.0740 e. The lowest BCUT2D eigenvalue weighted by Gasteiger charge is -2.50. The second kappa shape index (κ2) is 18.8. The SMILES string of the molecule is C/C=C\C1=C(C(C)C)c2ccccc2C12c1ccccc1C1(c3ccccc3-c3ccccc31)c1c(N(c3ccccc3)c3ccc(C)c(-c4ccccc4C)c3)cccc12.Cc1cccc(-c2ccccc2)c1. The predicted molar refractivity (Wildman–Crippen MR) is 313 cm³/mol. The number of fused-ring (bicyclic) bond motifs is 13. The summed E-state index contributed by atoms with van der Waals surface area (Å²) >= 11 is 0. The molecule has 13 rings (SSSR count). The summed E-state index contributed by atoms with van der Waals surface area (Å²) in [6.45, 7) is 13.5. The van der Waals surface area contributed by atoms with Crippen LogP contribution in [-0.4, -0.2) is 0 Å². The molecule has 358 valence electrons. The molecule has 3 aliphatic carbocycles. The van der Waals surface area contributed by atoms with Crippen LogP contribution < -0.4 is 4.90 Å². The van der Waals surface area contributed by atoms with E-state index in [1.54, 1.807) is 0 Å². The average Bonchev–Trinajstić information content (AvgIpc) is 3.97. The number of allylic oxidation sites excluding steroid dienone is 4. The number of aryl methyl sites for hydroxylation is 3. The van der Waals surface area contributed by atoms with Gasteiger partial charge in [0.25, 0.3) is 0 Å². The first-order valence-electron chi connectivity index (χ1n) is 26.3. The largest absolute Gasteiger partial charge is 0.310 e. The number of benzene rings is 10. The molecule has 0 radical (unpaired) electrons. The van der Waals surface area contributed by atoms with Crippen molar-refractivity contribution in [2.75, 3.05) is 4.90 Å². The fraction of sp³-hybridized carbons (Fsp3) is 0.123. The van der Waals surface area contributed by atoms with Gasteiger partial charge in [-0.3, -0.25) is 0 Å². The van der Waals surface area contributed by atoms with Gasteiger partial charge in [0, 0.05) is 16.9 Å². The summed E-state index contributed by atoms with van der Waals surface area (Å²) in [5, 5.41) is 0. The van der Waals surface area contributed by atoms with Crippen LogP contribution >= 0.6 is 0 Å². The van der Waals surface area contributed by atoms with Crippen molar-refractivity contribution in [1.29, 1.82) is 0 Å². The van der Waals surface area contributed by atoms with Crippen molar-refractivity contribution in [3.05, 3.63) is 322 Å². The van der Waals surface area contributed by atoms with Crippen molar-refractivity contribution in [1.82, 2.24) is 0 Å². The quantitative estimate of drug-likeness (QED) is 0.154. The van der Waals surface area contributed by atoms with Crippen molar-refractivity contribution >= 4 is 22.6 Å². The molecule has 10 aromatic rings. The van der Waals surface area contributed by atoms with Gasteiger partial charge in [0.15, 0.2) is 0 Å². The maximum atomic E-state index is 2.55. The molecule has 0 aromatic heterocycles. The molecule has 74 heavy (non-hydrogen) atoms. The van der Waals surface area contributed by atoms with E-state index in [1.165, 1.54) is 111 Å². The topological polar surface area (TPSA) is 3.24 Å². The van der Waals surface area contributed by atoms with Crippen LogP contribution in [0.1, 0.15) is 82.0 Å². The van der Waals surface area contributed by atoms with Gasteiger partial charge in [-0.2, -0.15) is 0 Å². The Labute approximate surface area is 438 Å². The number of rotatable bonds is 7. The van der Waals surface area contributed by atoms with E-state index in [9.17, 15) is 0 Å². The summed E-state index contributed by atoms with van der Waals surface area (Å²) < 4.78 is 0. The van der Waals surface area contributed by atoms with Crippen LogP contribution in [0.2, 0.25) is 0 Å². The van der Waals surface area contributed by atoms with Crippen LogP contribution in [0.25, 0.3) is 39.0 Å². The second-order valence-corrected chi connectivity index (χ2v) is 20.6. The van der Waals surface area contributed by atoms with Crippen molar-refractivity contribution in [2.45, 2.75) is 52.4 Å². The van der Waals surface area contributed by atoms with E-state index in [2.05, 4.69) is 295 Å². The van der Waals surface area contributed by atoms with Gasteiger partial charge in [0.05, 0.1) is 16.5 Å². The highest BCUT2D eigenvalue weighted by Crippen LogP contribution is 2.69. The van der Waals surface area contributed by atoms with Gasteiger partial charge in [-0.1, -0.05) is 244 Å². The first-order chi connectivity index (χ1) is 36.3. The fourth-order valence-electron chi connectivity index (χ4n) is 13.1. The third kappa shape index (κ3) is 7.13. The molecule has 2 spiro atoms. The summed E-state index contributed by atoms with van der Waals surface area (Å²) in [5.74, 6) is 0.308. The zero-order chi connectivity index (χ0) is 50.6. The highest BCUT2D eigenvalue weighted by Gasteiger charge is 2.60. The molecule has 0 fully saturated rings. The molecule has 0 heterocycles. The molecule has 0 aliphatic heterocycles. The summed E-state index contributed by atoms with van der Waals surface area (Å²) in [7, 11) is 0. The standard InChI is InChI=1S/C60H49N.C13H12/c1-6-21-54-57(39(2)3)47-28-14-17-31-51(47)59(54)52-32-18-19-33-53(52)60(49-29-15-12-26-45(49)46-27-13-16-30-50(46)60)58-55(59)34-20-35-56(58)61(42-23-8-7-9-24-42)43-37-36-41(5)48(38-43)44-25-11-10-22-40(44)4;1-11-6-5-9-13(10-11)12-7-3-2-4-8-12/h6-39H,1-5H3;2-10H,1H3/b21-6-;. The van der Waals surface area contributed by atoms with Crippen LogP contribution in [0.15, 0.2) is 260 Å². The second-order valence-electron chi connectivity index (χ2n) is 20.6. The number of para-hydroxylation sites is 1. The van der Waals surface area contributed by atoms with Crippen molar-refractivity contribution in [3.8, 4) is 33.4 Å². The van der Waals surface area contributed by atoms with Crippen molar-refractivity contribution in [3.63, 3.8) is 0 Å².